The molecule has 1 N–H and O–H groups in total. The SMILES string of the molecule is CC1CCC(Cn2c(N3CCO[C@H]4CCC[C@@H]43)nc3cc(-c4noc(=O)[nH]4)nc(-c4cc(Cl)cnc4OCCO[Si](C)(C)C(C)(C)C)c32)CC1. The van der Waals surface area contributed by atoms with Gasteiger partial charge in [-0.25, -0.2) is 19.7 Å². The molecule has 0 amide bonds. The molecule has 1 aliphatic heterocycles. The lowest BCUT2D eigenvalue weighted by Gasteiger charge is -2.39. The summed E-state index contributed by atoms with van der Waals surface area (Å²) in [6.07, 6.45) is 9.82. The van der Waals surface area contributed by atoms with E-state index in [4.69, 9.17) is 40.0 Å². The van der Waals surface area contributed by atoms with Gasteiger partial charge in [0.2, 0.25) is 17.7 Å². The maximum Gasteiger partial charge on any atom is 0.439 e. The third-order valence-electron chi connectivity index (χ3n) is 11.4. The van der Waals surface area contributed by atoms with Crippen LogP contribution in [0.3, 0.4) is 0 Å². The van der Waals surface area contributed by atoms with Crippen LogP contribution >= 0.6 is 11.6 Å². The number of aromatic amines is 1. The first-order valence-corrected chi connectivity index (χ1v) is 21.4. The lowest BCUT2D eigenvalue weighted by molar-refractivity contribution is 0.0247. The van der Waals surface area contributed by atoms with E-state index < -0.39 is 14.1 Å². The van der Waals surface area contributed by atoms with E-state index in [1.807, 2.05) is 12.1 Å². The molecule has 0 bridgehead atoms. The van der Waals surface area contributed by atoms with E-state index in [0.717, 1.165) is 68.1 Å². The van der Waals surface area contributed by atoms with E-state index >= 15 is 0 Å². The van der Waals surface area contributed by atoms with Crippen molar-refractivity contribution in [3.8, 4) is 28.7 Å². The van der Waals surface area contributed by atoms with Crippen LogP contribution in [0.25, 0.3) is 33.8 Å². The van der Waals surface area contributed by atoms with Crippen LogP contribution in [0.1, 0.15) is 72.6 Å². The highest BCUT2D eigenvalue weighted by Gasteiger charge is 2.40. The molecule has 50 heavy (non-hydrogen) atoms. The van der Waals surface area contributed by atoms with Gasteiger partial charge in [0.05, 0.1) is 47.0 Å². The molecule has 2 saturated carbocycles. The second kappa shape index (κ2) is 14.0. The van der Waals surface area contributed by atoms with Crippen molar-refractivity contribution in [2.24, 2.45) is 11.8 Å². The largest absolute Gasteiger partial charge is 0.475 e. The number of ether oxygens (including phenoxy) is 2. The number of halogens is 1. The summed E-state index contributed by atoms with van der Waals surface area (Å²) in [4.78, 5) is 32.4. The minimum absolute atomic E-state index is 0.0836. The van der Waals surface area contributed by atoms with Crippen LogP contribution in [0, 0.1) is 11.8 Å². The van der Waals surface area contributed by atoms with Crippen LogP contribution in [0.2, 0.25) is 23.2 Å². The quantitative estimate of drug-likeness (QED) is 0.130. The Hall–Kier alpha value is -3.26. The summed E-state index contributed by atoms with van der Waals surface area (Å²) in [5.41, 5.74) is 3.28. The Labute approximate surface area is 299 Å². The molecule has 0 radical (unpaired) electrons. The number of morpholine rings is 1. The van der Waals surface area contributed by atoms with E-state index in [0.29, 0.717) is 53.6 Å². The van der Waals surface area contributed by atoms with Crippen LogP contribution in [0.15, 0.2) is 27.6 Å². The topological polar surface area (TPSA) is 133 Å². The van der Waals surface area contributed by atoms with Crippen LogP contribution in [0.4, 0.5) is 5.95 Å². The van der Waals surface area contributed by atoms with Crippen molar-refractivity contribution in [1.82, 2.24) is 29.7 Å². The van der Waals surface area contributed by atoms with Gasteiger partial charge in [-0.15, -0.1) is 0 Å². The molecule has 0 unspecified atom stereocenters. The average Bonchev–Trinajstić information content (AvgIpc) is 3.82. The fourth-order valence-electron chi connectivity index (χ4n) is 7.49. The van der Waals surface area contributed by atoms with Crippen molar-refractivity contribution in [1.29, 1.82) is 0 Å². The molecule has 3 aliphatic rings. The zero-order valence-electron chi connectivity index (χ0n) is 30.1. The van der Waals surface area contributed by atoms with Crippen LogP contribution < -0.4 is 15.4 Å². The Morgan fingerprint density at radius 3 is 2.62 bits per heavy atom. The maximum absolute atomic E-state index is 12.1. The van der Waals surface area contributed by atoms with E-state index in [-0.39, 0.29) is 23.0 Å². The number of pyridine rings is 2. The van der Waals surface area contributed by atoms with Gasteiger partial charge >= 0.3 is 5.76 Å². The van der Waals surface area contributed by atoms with Crippen LogP contribution in [-0.2, 0) is 15.7 Å². The van der Waals surface area contributed by atoms with Gasteiger partial charge in [0, 0.05) is 19.3 Å². The Morgan fingerprint density at radius 2 is 1.88 bits per heavy atom. The summed E-state index contributed by atoms with van der Waals surface area (Å²) >= 11 is 6.66. The second-order valence-electron chi connectivity index (χ2n) is 15.9. The van der Waals surface area contributed by atoms with E-state index in [2.05, 4.69) is 65.4 Å². The first kappa shape index (κ1) is 35.2. The van der Waals surface area contributed by atoms with Gasteiger partial charge < -0.3 is 23.4 Å². The fourth-order valence-corrected chi connectivity index (χ4v) is 8.68. The average molecular weight is 724 g/mol. The summed E-state index contributed by atoms with van der Waals surface area (Å²) in [5, 5.41) is 4.52. The molecule has 7 rings (SSSR count). The van der Waals surface area contributed by atoms with Crippen LogP contribution in [-0.4, -0.2) is 76.5 Å². The number of hydrogen-bond donors (Lipinski definition) is 1. The van der Waals surface area contributed by atoms with Crippen molar-refractivity contribution in [2.75, 3.05) is 31.3 Å². The normalized spacial score (nSPS) is 23.1. The van der Waals surface area contributed by atoms with E-state index in [1.54, 1.807) is 6.20 Å². The molecular weight excluding hydrogens is 674 g/mol. The van der Waals surface area contributed by atoms with Gasteiger partial charge in [-0.1, -0.05) is 57.3 Å². The number of nitrogens with one attached hydrogen (secondary N) is 1. The number of anilines is 1. The number of H-pyrrole nitrogens is 1. The minimum atomic E-state index is -1.97. The van der Waals surface area contributed by atoms with Gasteiger partial charge in [-0.2, -0.15) is 0 Å². The smallest absolute Gasteiger partial charge is 0.439 e. The zero-order chi connectivity index (χ0) is 35.2. The minimum Gasteiger partial charge on any atom is -0.475 e. The molecule has 5 heterocycles. The summed E-state index contributed by atoms with van der Waals surface area (Å²) in [6.45, 7) is 16.5. The molecule has 1 saturated heterocycles. The summed E-state index contributed by atoms with van der Waals surface area (Å²) < 4.78 is 26.3. The van der Waals surface area contributed by atoms with Gasteiger partial charge in [0.1, 0.15) is 18.0 Å². The molecule has 0 aromatic carbocycles. The molecule has 14 heteroatoms. The van der Waals surface area contributed by atoms with E-state index in [9.17, 15) is 4.79 Å². The monoisotopic (exact) mass is 723 g/mol. The second-order valence-corrected chi connectivity index (χ2v) is 21.1. The first-order chi connectivity index (χ1) is 23.9. The number of imidazole rings is 1. The third kappa shape index (κ3) is 7.11. The molecular formula is C36H50ClN7O5Si. The number of fused-ring (bicyclic) bond motifs is 2. The van der Waals surface area contributed by atoms with Gasteiger partial charge in [0.25, 0.3) is 0 Å². The van der Waals surface area contributed by atoms with Crippen molar-refractivity contribution in [3.63, 3.8) is 0 Å². The Kier molecular flexibility index (Phi) is 9.87. The van der Waals surface area contributed by atoms with E-state index in [1.165, 1.54) is 12.8 Å². The molecule has 2 aliphatic carbocycles. The lowest BCUT2D eigenvalue weighted by atomic mass is 9.83. The standard InChI is InChI=1S/C36H50ClN7O5Si/c1-22-10-12-23(13-11-22)21-44-31-26(40-34(44)43-14-15-46-29-9-7-8-28(29)43)19-27(32-41-35(45)49-42-32)39-30(31)25-18-24(37)20-38-33(25)47-16-17-48-50(5,6)36(2,3)4/h18-20,22-23,28-29H,7-17,21H2,1-6H3,(H,41,42,45)/t22?,23?,28-,29-/m0/s1. The third-order valence-corrected chi connectivity index (χ3v) is 16.1. The molecule has 12 nitrogen and oxygen atoms in total. The number of hydrogen-bond acceptors (Lipinski definition) is 10. The molecule has 0 spiro atoms. The first-order valence-electron chi connectivity index (χ1n) is 18.2. The van der Waals surface area contributed by atoms with Gasteiger partial charge in [-0.3, -0.25) is 9.51 Å². The summed E-state index contributed by atoms with van der Waals surface area (Å²) in [6, 6.07) is 3.99. The molecule has 4 aromatic heterocycles. The van der Waals surface area contributed by atoms with Crippen molar-refractivity contribution >= 4 is 36.9 Å². The molecule has 270 valence electrons. The fraction of sp³-hybridized carbons (Fsp3) is 0.639. The van der Waals surface area contributed by atoms with Crippen LogP contribution in [0.5, 0.6) is 5.88 Å². The Balaban J connectivity index is 1.36. The highest BCUT2D eigenvalue weighted by Crippen LogP contribution is 2.42. The zero-order valence-corrected chi connectivity index (χ0v) is 31.9. The predicted octanol–water partition coefficient (Wildman–Crippen LogP) is 7.47. The lowest BCUT2D eigenvalue weighted by Crippen LogP contribution is -2.49. The number of nitrogens with zero attached hydrogens (tertiary/aromatic N) is 6. The van der Waals surface area contributed by atoms with Gasteiger partial charge in [0.15, 0.2) is 8.32 Å². The summed E-state index contributed by atoms with van der Waals surface area (Å²) in [5.74, 6) is 2.13. The maximum atomic E-state index is 12.1. The highest BCUT2D eigenvalue weighted by atomic mass is 35.5. The molecule has 4 aromatic rings. The number of rotatable bonds is 10. The molecule has 2 atom stereocenters. The number of aromatic nitrogens is 6. The molecule has 3 fully saturated rings. The summed E-state index contributed by atoms with van der Waals surface area (Å²) in [7, 11) is -1.97. The Morgan fingerprint density at radius 1 is 1.08 bits per heavy atom. The Bertz CT molecular complexity index is 1880. The predicted molar refractivity (Wildman–Crippen MR) is 196 cm³/mol. The van der Waals surface area contributed by atoms with Crippen molar-refractivity contribution in [2.45, 2.75) is 109 Å². The highest BCUT2D eigenvalue weighted by molar-refractivity contribution is 6.74. The van der Waals surface area contributed by atoms with Crippen molar-refractivity contribution < 1.29 is 18.4 Å². The van der Waals surface area contributed by atoms with Crippen molar-refractivity contribution in [3.05, 3.63) is 33.9 Å². The van der Waals surface area contributed by atoms with Gasteiger partial charge in [-0.05, 0) is 74.2 Å².